The van der Waals surface area contributed by atoms with Gasteiger partial charge >= 0.3 is 6.03 Å². The van der Waals surface area contributed by atoms with E-state index >= 15 is 0 Å². The predicted molar refractivity (Wildman–Crippen MR) is 114 cm³/mol. The molecule has 162 valence electrons. The molecule has 0 spiro atoms. The lowest BCUT2D eigenvalue weighted by Crippen LogP contribution is -2.37. The highest BCUT2D eigenvalue weighted by Crippen LogP contribution is 2.21. The molecule has 1 aliphatic heterocycles. The summed E-state index contributed by atoms with van der Waals surface area (Å²) < 4.78 is 28.9. The van der Waals surface area contributed by atoms with E-state index in [1.807, 2.05) is 11.8 Å². The largest absolute Gasteiger partial charge is 0.378 e. The maximum atomic E-state index is 11.8. The Kier molecular flexibility index (Phi) is 7.16. The van der Waals surface area contributed by atoms with Crippen molar-refractivity contribution >= 4 is 27.5 Å². The zero-order valence-corrected chi connectivity index (χ0v) is 17.9. The number of ether oxygens (including phenoxy) is 1. The molecule has 2 heterocycles. The van der Waals surface area contributed by atoms with Crippen LogP contribution in [0.15, 0.2) is 24.3 Å². The molecule has 0 atom stereocenters. The van der Waals surface area contributed by atoms with Crippen LogP contribution < -0.4 is 15.5 Å². The van der Waals surface area contributed by atoms with Crippen molar-refractivity contribution in [3.05, 3.63) is 30.1 Å². The summed E-state index contributed by atoms with van der Waals surface area (Å²) >= 11 is 0. The standard InChI is InChI=1S/C19H26N6O4S/c1-3-8-20-19(26)21-15-6-4-14(5-7-15)17-22-16(13-30(2,27)28)23-18(24-17)25-9-11-29-12-10-25/h4-7H,3,8-13H2,1-2H3,(H2,20,21,26). The van der Waals surface area contributed by atoms with Crippen molar-refractivity contribution in [3.8, 4) is 11.4 Å². The topological polar surface area (TPSA) is 126 Å². The van der Waals surface area contributed by atoms with Crippen LogP contribution in [0.1, 0.15) is 19.2 Å². The first-order valence-electron chi connectivity index (χ1n) is 9.75. The molecule has 2 amide bonds. The number of rotatable bonds is 7. The van der Waals surface area contributed by atoms with Gasteiger partial charge in [-0.2, -0.15) is 9.97 Å². The number of nitrogens with one attached hydrogen (secondary N) is 2. The Morgan fingerprint density at radius 3 is 2.47 bits per heavy atom. The molecule has 0 bridgehead atoms. The number of carbonyl (C=O) groups is 1. The van der Waals surface area contributed by atoms with Crippen LogP contribution in [0.4, 0.5) is 16.4 Å². The molecule has 0 aliphatic carbocycles. The lowest BCUT2D eigenvalue weighted by atomic mass is 10.2. The number of benzene rings is 1. The number of hydrogen-bond donors (Lipinski definition) is 2. The van der Waals surface area contributed by atoms with Crippen molar-refractivity contribution in [1.82, 2.24) is 20.3 Å². The van der Waals surface area contributed by atoms with E-state index in [4.69, 9.17) is 4.74 Å². The van der Waals surface area contributed by atoms with E-state index < -0.39 is 9.84 Å². The highest BCUT2D eigenvalue weighted by atomic mass is 32.2. The molecular weight excluding hydrogens is 408 g/mol. The summed E-state index contributed by atoms with van der Waals surface area (Å²) in [5.41, 5.74) is 1.33. The fourth-order valence-electron chi connectivity index (χ4n) is 2.86. The van der Waals surface area contributed by atoms with E-state index in [1.165, 1.54) is 0 Å². The van der Waals surface area contributed by atoms with Crippen molar-refractivity contribution in [2.75, 3.05) is 49.3 Å². The van der Waals surface area contributed by atoms with Gasteiger partial charge in [0.2, 0.25) is 5.95 Å². The smallest absolute Gasteiger partial charge is 0.319 e. The van der Waals surface area contributed by atoms with Gasteiger partial charge in [0.15, 0.2) is 15.7 Å². The summed E-state index contributed by atoms with van der Waals surface area (Å²) in [5.74, 6) is 0.747. The number of hydrogen-bond acceptors (Lipinski definition) is 8. The minimum Gasteiger partial charge on any atom is -0.378 e. The molecule has 30 heavy (non-hydrogen) atoms. The number of anilines is 2. The number of sulfone groups is 1. The van der Waals surface area contributed by atoms with Crippen LogP contribution in [0.25, 0.3) is 11.4 Å². The third-order valence-corrected chi connectivity index (χ3v) is 5.07. The zero-order chi connectivity index (χ0) is 21.6. The first-order chi connectivity index (χ1) is 14.3. The summed E-state index contributed by atoms with van der Waals surface area (Å²) in [7, 11) is -3.30. The Morgan fingerprint density at radius 2 is 1.83 bits per heavy atom. The van der Waals surface area contributed by atoms with E-state index in [0.717, 1.165) is 12.7 Å². The quantitative estimate of drug-likeness (QED) is 0.671. The molecule has 0 radical (unpaired) electrons. The SMILES string of the molecule is CCCNC(=O)Nc1ccc(-c2nc(CS(C)(=O)=O)nc(N3CCOCC3)n2)cc1. The summed E-state index contributed by atoms with van der Waals surface area (Å²) in [4.78, 5) is 27.0. The summed E-state index contributed by atoms with van der Waals surface area (Å²) in [6.07, 6.45) is 2.00. The monoisotopic (exact) mass is 434 g/mol. The molecule has 11 heteroatoms. The van der Waals surface area contributed by atoms with E-state index in [0.29, 0.717) is 55.9 Å². The number of nitrogens with zero attached hydrogens (tertiary/aromatic N) is 4. The number of aromatic nitrogens is 3. The van der Waals surface area contributed by atoms with Crippen LogP contribution in [-0.2, 0) is 20.3 Å². The third kappa shape index (κ3) is 6.36. The molecule has 1 saturated heterocycles. The molecule has 1 aromatic carbocycles. The molecule has 0 saturated carbocycles. The Balaban J connectivity index is 1.86. The zero-order valence-electron chi connectivity index (χ0n) is 17.1. The van der Waals surface area contributed by atoms with Crippen molar-refractivity contribution in [3.63, 3.8) is 0 Å². The van der Waals surface area contributed by atoms with Gasteiger partial charge < -0.3 is 20.3 Å². The summed E-state index contributed by atoms with van der Waals surface area (Å²) in [6.45, 7) is 4.94. The van der Waals surface area contributed by atoms with Gasteiger partial charge in [-0.3, -0.25) is 0 Å². The van der Waals surface area contributed by atoms with Crippen molar-refractivity contribution in [1.29, 1.82) is 0 Å². The fraction of sp³-hybridized carbons (Fsp3) is 0.474. The minimum absolute atomic E-state index is 0.199. The predicted octanol–water partition coefficient (Wildman–Crippen LogP) is 1.45. The number of carbonyl (C=O) groups excluding carboxylic acids is 1. The van der Waals surface area contributed by atoms with E-state index in [-0.39, 0.29) is 17.6 Å². The van der Waals surface area contributed by atoms with Gasteiger partial charge in [0.1, 0.15) is 11.6 Å². The molecule has 1 aromatic heterocycles. The Bertz CT molecular complexity index is 975. The molecule has 2 N–H and O–H groups in total. The average molecular weight is 435 g/mol. The second-order valence-electron chi connectivity index (χ2n) is 7.00. The third-order valence-electron chi connectivity index (χ3n) is 4.29. The molecular formula is C19H26N6O4S. The molecule has 3 rings (SSSR count). The summed E-state index contributed by atoms with van der Waals surface area (Å²) in [5, 5.41) is 5.50. The second-order valence-corrected chi connectivity index (χ2v) is 9.14. The van der Waals surface area contributed by atoms with Gasteiger partial charge in [0, 0.05) is 37.1 Å². The van der Waals surface area contributed by atoms with Crippen LogP contribution in [0, 0.1) is 0 Å². The van der Waals surface area contributed by atoms with Crippen LogP contribution >= 0.6 is 0 Å². The molecule has 1 fully saturated rings. The van der Waals surface area contributed by atoms with Gasteiger partial charge in [-0.1, -0.05) is 6.92 Å². The summed E-state index contributed by atoms with van der Waals surface area (Å²) in [6, 6.07) is 6.77. The molecule has 0 unspecified atom stereocenters. The number of amides is 2. The van der Waals surface area contributed by atoms with Gasteiger partial charge in [0.05, 0.1) is 13.2 Å². The Morgan fingerprint density at radius 1 is 1.13 bits per heavy atom. The lowest BCUT2D eigenvalue weighted by Gasteiger charge is -2.27. The molecule has 1 aliphatic rings. The molecule has 10 nitrogen and oxygen atoms in total. The van der Waals surface area contributed by atoms with Gasteiger partial charge in [-0.15, -0.1) is 0 Å². The lowest BCUT2D eigenvalue weighted by molar-refractivity contribution is 0.122. The van der Waals surface area contributed by atoms with Gasteiger partial charge in [-0.25, -0.2) is 18.2 Å². The van der Waals surface area contributed by atoms with Crippen molar-refractivity contribution < 1.29 is 17.9 Å². The highest BCUT2D eigenvalue weighted by Gasteiger charge is 2.19. The van der Waals surface area contributed by atoms with Gasteiger partial charge in [-0.05, 0) is 30.7 Å². The van der Waals surface area contributed by atoms with Crippen molar-refractivity contribution in [2.45, 2.75) is 19.1 Å². The van der Waals surface area contributed by atoms with E-state index in [2.05, 4.69) is 25.6 Å². The average Bonchev–Trinajstić information content (AvgIpc) is 2.72. The van der Waals surface area contributed by atoms with E-state index in [1.54, 1.807) is 24.3 Å². The van der Waals surface area contributed by atoms with Crippen molar-refractivity contribution in [2.24, 2.45) is 0 Å². The number of morpholine rings is 1. The number of urea groups is 1. The Labute approximate surface area is 176 Å². The first-order valence-corrected chi connectivity index (χ1v) is 11.8. The fourth-order valence-corrected chi connectivity index (χ4v) is 3.45. The minimum atomic E-state index is -3.30. The highest BCUT2D eigenvalue weighted by molar-refractivity contribution is 7.89. The van der Waals surface area contributed by atoms with Gasteiger partial charge in [0.25, 0.3) is 0 Å². The second kappa shape index (κ2) is 9.81. The van der Waals surface area contributed by atoms with Crippen LogP contribution in [0.2, 0.25) is 0 Å². The van der Waals surface area contributed by atoms with Crippen LogP contribution in [0.3, 0.4) is 0 Å². The molecule has 2 aromatic rings. The maximum Gasteiger partial charge on any atom is 0.319 e. The van der Waals surface area contributed by atoms with Crippen LogP contribution in [0.5, 0.6) is 0 Å². The first kappa shape index (κ1) is 21.9. The normalized spacial score (nSPS) is 14.4. The van der Waals surface area contributed by atoms with E-state index in [9.17, 15) is 13.2 Å². The maximum absolute atomic E-state index is 11.8. The Hall–Kier alpha value is -2.79. The van der Waals surface area contributed by atoms with Crippen LogP contribution in [-0.4, -0.2) is 68.5 Å².